The van der Waals surface area contributed by atoms with Crippen LogP contribution in [0, 0.1) is 5.92 Å². The summed E-state index contributed by atoms with van der Waals surface area (Å²) in [5.74, 6) is -1.26. The summed E-state index contributed by atoms with van der Waals surface area (Å²) in [6, 6.07) is 0. The molecule has 3 N–H and O–H groups in total. The van der Waals surface area contributed by atoms with E-state index < -0.39 is 17.4 Å². The smallest absolute Gasteiger partial charge is 0.306 e. The lowest BCUT2D eigenvalue weighted by atomic mass is 9.99. The van der Waals surface area contributed by atoms with Gasteiger partial charge in [-0.2, -0.15) is 0 Å². The first-order chi connectivity index (χ1) is 7.46. The van der Waals surface area contributed by atoms with Crippen molar-refractivity contribution in [2.75, 3.05) is 13.1 Å². The summed E-state index contributed by atoms with van der Waals surface area (Å²) in [5.41, 5.74) is -0.466. The van der Waals surface area contributed by atoms with Crippen LogP contribution >= 0.6 is 0 Å². The minimum atomic E-state index is -0.820. The molecule has 1 aliphatic rings. The van der Waals surface area contributed by atoms with E-state index in [0.717, 1.165) is 19.4 Å². The van der Waals surface area contributed by atoms with E-state index in [1.807, 2.05) is 6.92 Å². The predicted octanol–water partition coefficient (Wildman–Crippen LogP) is 0.356. The molecule has 0 radical (unpaired) electrons. The molecule has 0 bridgehead atoms. The maximum Gasteiger partial charge on any atom is 0.306 e. The number of rotatable bonds is 5. The van der Waals surface area contributed by atoms with Gasteiger partial charge in [-0.25, -0.2) is 0 Å². The Kier molecular flexibility index (Phi) is 4.29. The van der Waals surface area contributed by atoms with Crippen molar-refractivity contribution in [1.29, 1.82) is 0 Å². The molecule has 1 amide bonds. The number of amides is 1. The van der Waals surface area contributed by atoms with Crippen molar-refractivity contribution in [3.8, 4) is 0 Å². The first-order valence-corrected chi connectivity index (χ1v) is 5.72. The highest BCUT2D eigenvalue weighted by Crippen LogP contribution is 2.18. The molecule has 2 atom stereocenters. The van der Waals surface area contributed by atoms with Crippen LogP contribution in [0.3, 0.4) is 0 Å². The molecule has 92 valence electrons. The van der Waals surface area contributed by atoms with Gasteiger partial charge in [-0.05, 0) is 32.7 Å². The van der Waals surface area contributed by atoms with Gasteiger partial charge in [0, 0.05) is 6.54 Å². The van der Waals surface area contributed by atoms with Gasteiger partial charge >= 0.3 is 5.97 Å². The molecule has 2 unspecified atom stereocenters. The molecule has 1 aliphatic heterocycles. The summed E-state index contributed by atoms with van der Waals surface area (Å²) in [4.78, 5) is 22.4. The molecule has 1 heterocycles. The topological polar surface area (TPSA) is 78.4 Å². The number of hydrogen-bond donors (Lipinski definition) is 3. The summed E-state index contributed by atoms with van der Waals surface area (Å²) >= 11 is 0. The molecule has 0 aliphatic carbocycles. The first-order valence-electron chi connectivity index (χ1n) is 5.72. The van der Waals surface area contributed by atoms with Crippen LogP contribution in [0.25, 0.3) is 0 Å². The summed E-state index contributed by atoms with van der Waals surface area (Å²) in [7, 11) is 0. The summed E-state index contributed by atoms with van der Waals surface area (Å²) in [5, 5.41) is 14.6. The van der Waals surface area contributed by atoms with E-state index >= 15 is 0 Å². The van der Waals surface area contributed by atoms with Gasteiger partial charge < -0.3 is 15.7 Å². The Labute approximate surface area is 95.6 Å². The summed E-state index contributed by atoms with van der Waals surface area (Å²) in [6.07, 6.45) is 2.32. The van der Waals surface area contributed by atoms with E-state index in [0.29, 0.717) is 13.0 Å². The molecule has 1 fully saturated rings. The number of hydrogen-bond acceptors (Lipinski definition) is 3. The molecule has 0 saturated carbocycles. The number of carboxylic acids is 1. The molecule has 0 spiro atoms. The van der Waals surface area contributed by atoms with Crippen molar-refractivity contribution in [1.82, 2.24) is 10.6 Å². The van der Waals surface area contributed by atoms with Crippen molar-refractivity contribution in [2.45, 2.75) is 38.6 Å². The lowest BCUT2D eigenvalue weighted by Gasteiger charge is -2.23. The SMILES string of the molecule is CC(CCNC(=O)C1(C)CCCN1)C(=O)O. The van der Waals surface area contributed by atoms with Gasteiger partial charge in [-0.1, -0.05) is 6.92 Å². The third-order valence-corrected chi connectivity index (χ3v) is 3.15. The van der Waals surface area contributed by atoms with E-state index in [1.165, 1.54) is 0 Å². The maximum atomic E-state index is 11.8. The average molecular weight is 228 g/mol. The Morgan fingerprint density at radius 2 is 2.25 bits per heavy atom. The standard InChI is InChI=1S/C11H20N2O3/c1-8(9(14)15)4-7-12-10(16)11(2)5-3-6-13-11/h8,13H,3-7H2,1-2H3,(H,12,16)(H,14,15). The Balaban J connectivity index is 2.27. The van der Waals surface area contributed by atoms with Crippen LogP contribution < -0.4 is 10.6 Å². The highest BCUT2D eigenvalue weighted by Gasteiger charge is 2.35. The number of carboxylic acid groups (broad SMARTS) is 1. The largest absolute Gasteiger partial charge is 0.481 e. The molecule has 5 heteroatoms. The number of nitrogens with one attached hydrogen (secondary N) is 2. The van der Waals surface area contributed by atoms with Gasteiger partial charge in [0.05, 0.1) is 11.5 Å². The van der Waals surface area contributed by atoms with Crippen LogP contribution in [0.15, 0.2) is 0 Å². The minimum Gasteiger partial charge on any atom is -0.481 e. The number of aliphatic carboxylic acids is 1. The second-order valence-corrected chi connectivity index (χ2v) is 4.65. The van der Waals surface area contributed by atoms with Crippen LogP contribution in [-0.4, -0.2) is 35.6 Å². The Bertz CT molecular complexity index is 272. The summed E-state index contributed by atoms with van der Waals surface area (Å²) < 4.78 is 0. The number of carbonyl (C=O) groups excluding carboxylic acids is 1. The average Bonchev–Trinajstić information content (AvgIpc) is 2.66. The van der Waals surface area contributed by atoms with Crippen LogP contribution in [-0.2, 0) is 9.59 Å². The Hall–Kier alpha value is -1.10. The second-order valence-electron chi connectivity index (χ2n) is 4.65. The zero-order valence-electron chi connectivity index (χ0n) is 9.88. The molecular formula is C11H20N2O3. The monoisotopic (exact) mass is 228 g/mol. The fourth-order valence-corrected chi connectivity index (χ4v) is 1.81. The van der Waals surface area contributed by atoms with E-state index in [4.69, 9.17) is 5.11 Å². The Morgan fingerprint density at radius 3 is 2.75 bits per heavy atom. The van der Waals surface area contributed by atoms with Gasteiger partial charge in [-0.3, -0.25) is 9.59 Å². The Morgan fingerprint density at radius 1 is 1.56 bits per heavy atom. The van der Waals surface area contributed by atoms with Crippen LogP contribution in [0.1, 0.15) is 33.1 Å². The maximum absolute atomic E-state index is 11.8. The van der Waals surface area contributed by atoms with Gasteiger partial charge in [0.25, 0.3) is 0 Å². The van der Waals surface area contributed by atoms with E-state index in [9.17, 15) is 9.59 Å². The second kappa shape index (κ2) is 5.30. The van der Waals surface area contributed by atoms with Crippen molar-refractivity contribution < 1.29 is 14.7 Å². The molecule has 0 aromatic heterocycles. The van der Waals surface area contributed by atoms with Crippen LogP contribution in [0.4, 0.5) is 0 Å². The minimum absolute atomic E-state index is 0.0254. The third kappa shape index (κ3) is 3.20. The molecule has 1 saturated heterocycles. The van der Waals surface area contributed by atoms with E-state index in [1.54, 1.807) is 6.92 Å². The van der Waals surface area contributed by atoms with Gasteiger partial charge in [0.2, 0.25) is 5.91 Å². The lowest BCUT2D eigenvalue weighted by Crippen LogP contribution is -2.51. The summed E-state index contributed by atoms with van der Waals surface area (Å²) in [6.45, 7) is 4.82. The van der Waals surface area contributed by atoms with Crippen molar-refractivity contribution in [3.05, 3.63) is 0 Å². The fraction of sp³-hybridized carbons (Fsp3) is 0.818. The van der Waals surface area contributed by atoms with Crippen molar-refractivity contribution >= 4 is 11.9 Å². The van der Waals surface area contributed by atoms with Crippen molar-refractivity contribution in [2.24, 2.45) is 5.92 Å². The molecule has 0 aromatic rings. The van der Waals surface area contributed by atoms with E-state index in [2.05, 4.69) is 10.6 Å². The fourth-order valence-electron chi connectivity index (χ4n) is 1.81. The predicted molar refractivity (Wildman–Crippen MR) is 60.1 cm³/mol. The highest BCUT2D eigenvalue weighted by molar-refractivity contribution is 5.86. The normalized spacial score (nSPS) is 26.4. The lowest BCUT2D eigenvalue weighted by molar-refractivity contribution is -0.141. The first kappa shape index (κ1) is 13.0. The highest BCUT2D eigenvalue weighted by atomic mass is 16.4. The zero-order valence-corrected chi connectivity index (χ0v) is 9.88. The van der Waals surface area contributed by atoms with E-state index in [-0.39, 0.29) is 5.91 Å². The van der Waals surface area contributed by atoms with Crippen LogP contribution in [0.2, 0.25) is 0 Å². The van der Waals surface area contributed by atoms with Gasteiger partial charge in [0.1, 0.15) is 0 Å². The molecular weight excluding hydrogens is 208 g/mol. The van der Waals surface area contributed by atoms with Gasteiger partial charge in [-0.15, -0.1) is 0 Å². The molecule has 0 aromatic carbocycles. The third-order valence-electron chi connectivity index (χ3n) is 3.15. The van der Waals surface area contributed by atoms with Crippen molar-refractivity contribution in [3.63, 3.8) is 0 Å². The quantitative estimate of drug-likeness (QED) is 0.634. The molecule has 5 nitrogen and oxygen atoms in total. The van der Waals surface area contributed by atoms with Gasteiger partial charge in [0.15, 0.2) is 0 Å². The van der Waals surface area contributed by atoms with Crippen LogP contribution in [0.5, 0.6) is 0 Å². The number of carbonyl (C=O) groups is 2. The molecule has 16 heavy (non-hydrogen) atoms. The molecule has 1 rings (SSSR count). The zero-order chi connectivity index (χ0) is 12.2.